The molecule has 1 unspecified atom stereocenters. The van der Waals surface area contributed by atoms with E-state index in [2.05, 4.69) is 4.98 Å². The molecule has 2 N–H and O–H groups in total. The molecule has 0 fully saturated rings. The van der Waals surface area contributed by atoms with Gasteiger partial charge in [-0.2, -0.15) is 0 Å². The zero-order valence-electron chi connectivity index (χ0n) is 10.3. The summed E-state index contributed by atoms with van der Waals surface area (Å²) in [6.07, 6.45) is 1.55. The normalized spacial score (nSPS) is 16.1. The molecule has 0 saturated heterocycles. The smallest absolute Gasteiger partial charge is 0.280 e. The maximum absolute atomic E-state index is 12.1. The Labute approximate surface area is 105 Å². The van der Waals surface area contributed by atoms with E-state index in [1.165, 1.54) is 0 Å². The van der Waals surface area contributed by atoms with Crippen molar-refractivity contribution < 1.29 is 14.3 Å². The number of fused-ring (bicyclic) bond motifs is 1. The zero-order valence-corrected chi connectivity index (χ0v) is 10.3. The van der Waals surface area contributed by atoms with Gasteiger partial charge in [-0.3, -0.25) is 14.5 Å². The number of nitrogens with zero attached hydrogens (tertiary/aromatic N) is 2. The van der Waals surface area contributed by atoms with Crippen LogP contribution >= 0.6 is 0 Å². The number of pyridine rings is 1. The lowest BCUT2D eigenvalue weighted by molar-refractivity contribution is 0.0600. The second-order valence-corrected chi connectivity index (χ2v) is 4.24. The standard InChI is InChI=1S/C12H15N3O3/c1-7(4-13)15-11(16)9-3-8(6-18-2)5-14-10(9)12(15)17/h3,5,7H,4,6,13H2,1-2H3. The van der Waals surface area contributed by atoms with Crippen molar-refractivity contribution >= 4 is 11.8 Å². The van der Waals surface area contributed by atoms with E-state index < -0.39 is 0 Å². The van der Waals surface area contributed by atoms with Gasteiger partial charge in [0.25, 0.3) is 11.8 Å². The Balaban J connectivity index is 2.39. The number of methoxy groups -OCH3 is 1. The molecule has 1 aromatic heterocycles. The molecule has 2 amide bonds. The molecule has 96 valence electrons. The van der Waals surface area contributed by atoms with Gasteiger partial charge in [0.15, 0.2) is 0 Å². The molecule has 0 spiro atoms. The summed E-state index contributed by atoms with van der Waals surface area (Å²) in [7, 11) is 1.56. The molecule has 1 atom stereocenters. The van der Waals surface area contributed by atoms with Gasteiger partial charge in [0, 0.05) is 25.9 Å². The van der Waals surface area contributed by atoms with E-state index in [0.717, 1.165) is 10.5 Å². The number of hydrogen-bond acceptors (Lipinski definition) is 5. The first-order valence-corrected chi connectivity index (χ1v) is 5.66. The SMILES string of the molecule is COCc1cnc2c(c1)C(=O)N(C(C)CN)C2=O. The van der Waals surface area contributed by atoms with Crippen molar-refractivity contribution in [3.63, 3.8) is 0 Å². The first-order valence-electron chi connectivity index (χ1n) is 5.66. The number of carbonyl (C=O) groups is 2. The minimum absolute atomic E-state index is 0.195. The lowest BCUT2D eigenvalue weighted by Crippen LogP contribution is -2.42. The van der Waals surface area contributed by atoms with Gasteiger partial charge < -0.3 is 10.5 Å². The third-order valence-electron chi connectivity index (χ3n) is 2.91. The lowest BCUT2D eigenvalue weighted by atomic mass is 10.1. The van der Waals surface area contributed by atoms with Gasteiger partial charge in [-0.25, -0.2) is 4.98 Å². The van der Waals surface area contributed by atoms with Crippen LogP contribution in [0.25, 0.3) is 0 Å². The topological polar surface area (TPSA) is 85.5 Å². The number of imide groups is 1. The molecule has 0 bridgehead atoms. The summed E-state index contributed by atoms with van der Waals surface area (Å²) < 4.78 is 4.98. The van der Waals surface area contributed by atoms with Gasteiger partial charge in [0.05, 0.1) is 12.2 Å². The Kier molecular flexibility index (Phi) is 3.40. The molecule has 1 aliphatic rings. The van der Waals surface area contributed by atoms with E-state index in [1.807, 2.05) is 0 Å². The monoisotopic (exact) mass is 249 g/mol. The molecular weight excluding hydrogens is 234 g/mol. The molecule has 0 aliphatic carbocycles. The van der Waals surface area contributed by atoms with Crippen molar-refractivity contribution in [2.45, 2.75) is 19.6 Å². The number of rotatable bonds is 4. The van der Waals surface area contributed by atoms with Crippen LogP contribution < -0.4 is 5.73 Å². The summed E-state index contributed by atoms with van der Waals surface area (Å²) in [6.45, 7) is 2.32. The Hall–Kier alpha value is -1.79. The average molecular weight is 249 g/mol. The average Bonchev–Trinajstić information content (AvgIpc) is 2.61. The Morgan fingerprint density at radius 2 is 2.17 bits per heavy atom. The van der Waals surface area contributed by atoms with Gasteiger partial charge in [-0.05, 0) is 18.6 Å². The third kappa shape index (κ3) is 1.89. The first-order chi connectivity index (χ1) is 8.60. The summed E-state index contributed by atoms with van der Waals surface area (Å²) in [5, 5.41) is 0. The summed E-state index contributed by atoms with van der Waals surface area (Å²) in [4.78, 5) is 29.4. The first kappa shape index (κ1) is 12.7. The van der Waals surface area contributed by atoms with E-state index in [0.29, 0.717) is 12.2 Å². The van der Waals surface area contributed by atoms with Gasteiger partial charge in [-0.15, -0.1) is 0 Å². The Bertz CT molecular complexity index is 501. The van der Waals surface area contributed by atoms with Crippen LogP contribution in [0.2, 0.25) is 0 Å². The quantitative estimate of drug-likeness (QED) is 0.769. The maximum atomic E-state index is 12.1. The van der Waals surface area contributed by atoms with Crippen LogP contribution in [0.1, 0.15) is 33.3 Å². The number of carbonyl (C=O) groups excluding carboxylic acids is 2. The van der Waals surface area contributed by atoms with Gasteiger partial charge >= 0.3 is 0 Å². The van der Waals surface area contributed by atoms with Crippen molar-refractivity contribution in [3.05, 3.63) is 29.1 Å². The van der Waals surface area contributed by atoms with Gasteiger partial charge in [0.1, 0.15) is 5.69 Å². The number of ether oxygens (including phenoxy) is 1. The van der Waals surface area contributed by atoms with Gasteiger partial charge in [0.2, 0.25) is 0 Å². The van der Waals surface area contributed by atoms with Crippen molar-refractivity contribution in [3.8, 4) is 0 Å². The largest absolute Gasteiger partial charge is 0.380 e. The second-order valence-electron chi connectivity index (χ2n) is 4.24. The molecule has 6 heteroatoms. The van der Waals surface area contributed by atoms with Crippen LogP contribution in [-0.2, 0) is 11.3 Å². The van der Waals surface area contributed by atoms with E-state index in [4.69, 9.17) is 10.5 Å². The number of amides is 2. The van der Waals surface area contributed by atoms with E-state index in [9.17, 15) is 9.59 Å². The van der Waals surface area contributed by atoms with Crippen LogP contribution in [0, 0.1) is 0 Å². The number of nitrogens with two attached hydrogens (primary N) is 1. The summed E-state index contributed by atoms with van der Waals surface area (Å²) in [5.74, 6) is -0.713. The van der Waals surface area contributed by atoms with E-state index >= 15 is 0 Å². The molecule has 6 nitrogen and oxygen atoms in total. The highest BCUT2D eigenvalue weighted by Gasteiger charge is 2.39. The fourth-order valence-electron chi connectivity index (χ4n) is 1.93. The highest BCUT2D eigenvalue weighted by Crippen LogP contribution is 2.23. The van der Waals surface area contributed by atoms with Crippen LogP contribution in [0.5, 0.6) is 0 Å². The highest BCUT2D eigenvalue weighted by molar-refractivity contribution is 6.20. The Morgan fingerprint density at radius 3 is 2.78 bits per heavy atom. The second kappa shape index (κ2) is 4.83. The summed E-state index contributed by atoms with van der Waals surface area (Å²) in [6, 6.07) is 1.32. The summed E-state index contributed by atoms with van der Waals surface area (Å²) >= 11 is 0. The molecular formula is C12H15N3O3. The van der Waals surface area contributed by atoms with E-state index in [1.54, 1.807) is 26.3 Å². The van der Waals surface area contributed by atoms with Crippen molar-refractivity contribution in [2.75, 3.05) is 13.7 Å². The molecule has 0 aromatic carbocycles. The zero-order chi connectivity index (χ0) is 13.3. The van der Waals surface area contributed by atoms with E-state index in [-0.39, 0.29) is 30.1 Å². The third-order valence-corrected chi connectivity index (χ3v) is 2.91. The molecule has 1 aromatic rings. The molecule has 0 radical (unpaired) electrons. The molecule has 1 aliphatic heterocycles. The van der Waals surface area contributed by atoms with Crippen LogP contribution in [0.4, 0.5) is 0 Å². The summed E-state index contributed by atoms with van der Waals surface area (Å²) in [5.41, 5.74) is 6.79. The van der Waals surface area contributed by atoms with Crippen molar-refractivity contribution in [2.24, 2.45) is 5.73 Å². The molecule has 18 heavy (non-hydrogen) atoms. The van der Waals surface area contributed by atoms with Crippen molar-refractivity contribution in [1.29, 1.82) is 0 Å². The van der Waals surface area contributed by atoms with Crippen LogP contribution in [0.3, 0.4) is 0 Å². The molecule has 0 saturated carbocycles. The predicted molar refractivity (Wildman–Crippen MR) is 64.0 cm³/mol. The number of hydrogen-bond donors (Lipinski definition) is 1. The fraction of sp³-hybridized carbons (Fsp3) is 0.417. The number of aromatic nitrogens is 1. The fourth-order valence-corrected chi connectivity index (χ4v) is 1.93. The van der Waals surface area contributed by atoms with Crippen molar-refractivity contribution in [1.82, 2.24) is 9.88 Å². The maximum Gasteiger partial charge on any atom is 0.280 e. The van der Waals surface area contributed by atoms with Gasteiger partial charge in [-0.1, -0.05) is 0 Å². The van der Waals surface area contributed by atoms with Crippen LogP contribution in [-0.4, -0.2) is 41.4 Å². The predicted octanol–water partition coefficient (Wildman–Crippen LogP) is 0.171. The lowest BCUT2D eigenvalue weighted by Gasteiger charge is -2.20. The van der Waals surface area contributed by atoms with Crippen LogP contribution in [0.15, 0.2) is 12.3 Å². The highest BCUT2D eigenvalue weighted by atomic mass is 16.5. The molecule has 2 rings (SSSR count). The Morgan fingerprint density at radius 1 is 1.44 bits per heavy atom. The minimum atomic E-state index is -0.378. The molecule has 2 heterocycles. The minimum Gasteiger partial charge on any atom is -0.380 e.